The number of aryl methyl sites for hydroxylation is 3. The lowest BCUT2D eigenvalue weighted by atomic mass is 10.1. The molecule has 0 aliphatic rings. The van der Waals surface area contributed by atoms with E-state index in [1.54, 1.807) is 30.9 Å². The molecule has 0 amide bonds. The highest BCUT2D eigenvalue weighted by atomic mass is 16.5. The van der Waals surface area contributed by atoms with Crippen molar-refractivity contribution in [2.45, 2.75) is 20.8 Å². The monoisotopic (exact) mass is 394 g/mol. The fourth-order valence-electron chi connectivity index (χ4n) is 2.92. The van der Waals surface area contributed by atoms with Crippen LogP contribution in [0, 0.1) is 20.8 Å². The normalized spacial score (nSPS) is 11.3. The maximum absolute atomic E-state index is 12.3. The molecular weight excluding hydrogens is 372 g/mol. The standard InChI is InChI=1S/C21H22N4O4/c1-13-8-6-7-9-18(13)25-11-16(10-22-25)29-20-19(14(2)23-15(3)24-20)17(12-27-4)21(26)28-5/h6-12H,1-5H3/b17-12+. The van der Waals surface area contributed by atoms with Gasteiger partial charge in [0.05, 0.1) is 49.8 Å². The van der Waals surface area contributed by atoms with Crippen molar-refractivity contribution in [3.8, 4) is 17.3 Å². The summed E-state index contributed by atoms with van der Waals surface area (Å²) in [7, 11) is 2.74. The van der Waals surface area contributed by atoms with Crippen molar-refractivity contribution in [1.82, 2.24) is 19.7 Å². The summed E-state index contributed by atoms with van der Waals surface area (Å²) in [5, 5.41) is 4.37. The predicted octanol–water partition coefficient (Wildman–Crippen LogP) is 3.54. The van der Waals surface area contributed by atoms with Crippen molar-refractivity contribution in [1.29, 1.82) is 0 Å². The van der Waals surface area contributed by atoms with E-state index in [-0.39, 0.29) is 11.5 Å². The molecule has 2 heterocycles. The Balaban J connectivity index is 2.03. The third-order valence-corrected chi connectivity index (χ3v) is 4.21. The number of nitrogens with zero attached hydrogens (tertiary/aromatic N) is 4. The highest BCUT2D eigenvalue weighted by Crippen LogP contribution is 2.31. The van der Waals surface area contributed by atoms with Gasteiger partial charge in [-0.15, -0.1) is 0 Å². The molecule has 0 aliphatic carbocycles. The molecule has 0 fully saturated rings. The summed E-state index contributed by atoms with van der Waals surface area (Å²) < 4.78 is 17.6. The van der Waals surface area contributed by atoms with E-state index < -0.39 is 5.97 Å². The van der Waals surface area contributed by atoms with E-state index in [1.807, 2.05) is 31.2 Å². The molecule has 0 radical (unpaired) electrons. The molecule has 2 aromatic heterocycles. The number of aromatic nitrogens is 4. The second-order valence-electron chi connectivity index (χ2n) is 6.30. The lowest BCUT2D eigenvalue weighted by Crippen LogP contribution is -2.10. The first kappa shape index (κ1) is 20.1. The fourth-order valence-corrected chi connectivity index (χ4v) is 2.92. The molecule has 29 heavy (non-hydrogen) atoms. The summed E-state index contributed by atoms with van der Waals surface area (Å²) in [4.78, 5) is 21.0. The lowest BCUT2D eigenvalue weighted by molar-refractivity contribution is -0.133. The molecule has 0 aliphatic heterocycles. The lowest BCUT2D eigenvalue weighted by Gasteiger charge is -2.13. The van der Waals surface area contributed by atoms with E-state index in [1.165, 1.54) is 20.5 Å². The van der Waals surface area contributed by atoms with Crippen LogP contribution in [-0.4, -0.2) is 39.9 Å². The van der Waals surface area contributed by atoms with Gasteiger partial charge in [-0.2, -0.15) is 10.1 Å². The van der Waals surface area contributed by atoms with Gasteiger partial charge in [0.15, 0.2) is 5.75 Å². The summed E-state index contributed by atoms with van der Waals surface area (Å²) >= 11 is 0. The fraction of sp³-hybridized carbons (Fsp3) is 0.238. The zero-order valence-electron chi connectivity index (χ0n) is 17.0. The van der Waals surface area contributed by atoms with Crippen molar-refractivity contribution >= 4 is 11.5 Å². The Morgan fingerprint density at radius 2 is 1.86 bits per heavy atom. The molecule has 0 atom stereocenters. The predicted molar refractivity (Wildman–Crippen MR) is 107 cm³/mol. The average molecular weight is 394 g/mol. The van der Waals surface area contributed by atoms with Crippen LogP contribution in [-0.2, 0) is 14.3 Å². The summed E-state index contributed by atoms with van der Waals surface area (Å²) in [5.41, 5.74) is 3.13. The molecule has 3 aromatic rings. The first-order valence-corrected chi connectivity index (χ1v) is 8.90. The number of methoxy groups -OCH3 is 2. The van der Waals surface area contributed by atoms with Crippen LogP contribution in [0.1, 0.15) is 22.6 Å². The van der Waals surface area contributed by atoms with Gasteiger partial charge in [-0.25, -0.2) is 14.5 Å². The maximum Gasteiger partial charge on any atom is 0.341 e. The molecule has 0 saturated carbocycles. The Kier molecular flexibility index (Phi) is 5.92. The van der Waals surface area contributed by atoms with Gasteiger partial charge in [-0.05, 0) is 32.4 Å². The molecule has 0 N–H and O–H groups in total. The van der Waals surface area contributed by atoms with Crippen molar-refractivity contribution in [2.75, 3.05) is 14.2 Å². The topological polar surface area (TPSA) is 88.4 Å². The van der Waals surface area contributed by atoms with Crippen LogP contribution in [0.2, 0.25) is 0 Å². The highest BCUT2D eigenvalue weighted by Gasteiger charge is 2.24. The molecule has 150 valence electrons. The van der Waals surface area contributed by atoms with Crippen LogP contribution in [0.5, 0.6) is 11.6 Å². The number of para-hydroxylation sites is 1. The molecular formula is C21H22N4O4. The van der Waals surface area contributed by atoms with E-state index in [0.717, 1.165) is 11.3 Å². The van der Waals surface area contributed by atoms with Crippen LogP contribution in [0.25, 0.3) is 11.3 Å². The van der Waals surface area contributed by atoms with E-state index >= 15 is 0 Å². The molecule has 0 unspecified atom stereocenters. The Labute approximate surface area is 168 Å². The highest BCUT2D eigenvalue weighted by molar-refractivity contribution is 6.17. The number of esters is 1. The second kappa shape index (κ2) is 8.55. The largest absolute Gasteiger partial charge is 0.503 e. The number of carbonyl (C=O) groups excluding carboxylic acids is 1. The summed E-state index contributed by atoms with van der Waals surface area (Å²) in [6, 6.07) is 7.88. The molecule has 8 nitrogen and oxygen atoms in total. The SMILES string of the molecule is CO/C=C(/C(=O)OC)c1c(C)nc(C)nc1Oc1cnn(-c2ccccc2C)c1. The van der Waals surface area contributed by atoms with Gasteiger partial charge >= 0.3 is 5.97 Å². The third-order valence-electron chi connectivity index (χ3n) is 4.21. The van der Waals surface area contributed by atoms with Crippen molar-refractivity contribution < 1.29 is 19.0 Å². The summed E-state index contributed by atoms with van der Waals surface area (Å²) in [6.45, 7) is 5.52. The van der Waals surface area contributed by atoms with Gasteiger partial charge in [0.1, 0.15) is 11.4 Å². The van der Waals surface area contributed by atoms with E-state index in [0.29, 0.717) is 22.8 Å². The minimum absolute atomic E-state index is 0.161. The average Bonchev–Trinajstić information content (AvgIpc) is 3.14. The molecule has 1 aromatic carbocycles. The zero-order valence-corrected chi connectivity index (χ0v) is 17.0. The smallest absolute Gasteiger partial charge is 0.341 e. The van der Waals surface area contributed by atoms with Gasteiger partial charge in [-0.3, -0.25) is 0 Å². The Bertz CT molecular complexity index is 1070. The zero-order chi connectivity index (χ0) is 21.0. The van der Waals surface area contributed by atoms with Crippen LogP contribution >= 0.6 is 0 Å². The van der Waals surface area contributed by atoms with Gasteiger partial charge in [0.2, 0.25) is 5.88 Å². The molecule has 8 heteroatoms. The number of benzene rings is 1. The summed E-state index contributed by atoms with van der Waals surface area (Å²) in [5.74, 6) is 0.610. The van der Waals surface area contributed by atoms with E-state index in [4.69, 9.17) is 14.2 Å². The van der Waals surface area contributed by atoms with Crippen LogP contribution in [0.4, 0.5) is 0 Å². The van der Waals surface area contributed by atoms with Crippen molar-refractivity contribution in [3.63, 3.8) is 0 Å². The maximum atomic E-state index is 12.3. The van der Waals surface area contributed by atoms with E-state index in [2.05, 4.69) is 15.1 Å². The Hall–Kier alpha value is -3.68. The van der Waals surface area contributed by atoms with E-state index in [9.17, 15) is 4.79 Å². The minimum atomic E-state index is -0.581. The minimum Gasteiger partial charge on any atom is -0.503 e. The summed E-state index contributed by atoms with van der Waals surface area (Å²) in [6.07, 6.45) is 4.62. The van der Waals surface area contributed by atoms with Gasteiger partial charge in [0, 0.05) is 0 Å². The quantitative estimate of drug-likeness (QED) is 0.359. The van der Waals surface area contributed by atoms with Crippen LogP contribution in [0.15, 0.2) is 42.9 Å². The second-order valence-corrected chi connectivity index (χ2v) is 6.30. The van der Waals surface area contributed by atoms with Gasteiger partial charge in [0.25, 0.3) is 0 Å². The molecule has 0 bridgehead atoms. The first-order chi connectivity index (χ1) is 13.9. The third kappa shape index (κ3) is 4.26. The number of rotatable bonds is 6. The first-order valence-electron chi connectivity index (χ1n) is 8.90. The number of ether oxygens (including phenoxy) is 3. The molecule has 0 saturated heterocycles. The van der Waals surface area contributed by atoms with Crippen LogP contribution < -0.4 is 4.74 Å². The Morgan fingerprint density at radius 1 is 1.10 bits per heavy atom. The van der Waals surface area contributed by atoms with Crippen molar-refractivity contribution in [3.05, 3.63) is 65.6 Å². The van der Waals surface area contributed by atoms with Crippen LogP contribution in [0.3, 0.4) is 0 Å². The van der Waals surface area contributed by atoms with Gasteiger partial charge in [-0.1, -0.05) is 18.2 Å². The molecule has 0 spiro atoms. The number of carbonyl (C=O) groups is 1. The Morgan fingerprint density at radius 3 is 2.55 bits per heavy atom. The van der Waals surface area contributed by atoms with Gasteiger partial charge < -0.3 is 14.2 Å². The number of hydrogen-bond donors (Lipinski definition) is 0. The molecule has 3 rings (SSSR count). The van der Waals surface area contributed by atoms with Crippen molar-refractivity contribution in [2.24, 2.45) is 0 Å². The number of hydrogen-bond acceptors (Lipinski definition) is 7.